The molecule has 0 fully saturated rings. The minimum Gasteiger partial charge on any atom is -0.748 e. The Morgan fingerprint density at radius 2 is 0.488 bits per heavy atom. The third-order valence-corrected chi connectivity index (χ3v) is 26.5. The number of hydrogen-bond donors (Lipinski definition) is 1. The summed E-state index contributed by atoms with van der Waals surface area (Å²) in [6.45, 7) is 11.2. The molecule has 0 aliphatic carbocycles. The van der Waals surface area contributed by atoms with Crippen LogP contribution in [0.15, 0.2) is 78.9 Å². The Labute approximate surface area is 888 Å². The van der Waals surface area contributed by atoms with Gasteiger partial charge in [-0.05, 0) is 391 Å². The quantitative estimate of drug-likeness (QED) is 0.0248. The zero-order chi connectivity index (χ0) is 101. The number of ether oxygens (including phenoxy) is 10. The summed E-state index contributed by atoms with van der Waals surface area (Å²) in [6.07, 6.45) is -46.4. The highest BCUT2D eigenvalue weighted by molar-refractivity contribution is 14.1. The molecule has 6 aromatic rings. The third-order valence-electron chi connectivity index (χ3n) is 13.0. The van der Waals surface area contributed by atoms with Gasteiger partial charge in [0.25, 0.3) is 0 Å². The van der Waals surface area contributed by atoms with Crippen molar-refractivity contribution in [1.82, 2.24) is 0 Å². The number of methoxy groups -OCH3 is 1. The van der Waals surface area contributed by atoms with Crippen LogP contribution in [0.3, 0.4) is 0 Å². The van der Waals surface area contributed by atoms with Crippen molar-refractivity contribution in [1.29, 1.82) is 0 Å². The molecule has 0 saturated heterocycles. The van der Waals surface area contributed by atoms with Crippen molar-refractivity contribution in [2.45, 2.75) is 127 Å². The second kappa shape index (κ2) is 52.7. The fourth-order valence-corrected chi connectivity index (χ4v) is 23.6. The van der Waals surface area contributed by atoms with Crippen molar-refractivity contribution in [3.05, 3.63) is 122 Å². The highest BCUT2D eigenvalue weighted by Crippen LogP contribution is 2.42. The molecule has 0 heterocycles. The maximum Gasteiger partial charge on any atom is 0.426 e. The number of rotatable bonds is 30. The lowest BCUT2D eigenvalue weighted by Crippen LogP contribution is -2.40. The molecule has 738 valence electrons. The Bertz CT molecular complexity index is 5360. The van der Waals surface area contributed by atoms with Gasteiger partial charge in [0.15, 0.2) is 0 Å². The summed E-state index contributed by atoms with van der Waals surface area (Å²) in [5.74, 6) is -9.52. The van der Waals surface area contributed by atoms with Gasteiger partial charge in [0, 0.05) is 7.14 Å². The zero-order valence-electron chi connectivity index (χ0n) is 64.2. The van der Waals surface area contributed by atoms with E-state index in [4.69, 9.17) is 28.4 Å². The zero-order valence-corrected chi connectivity index (χ0v) is 95.0. The molecular formula is C64H56F18I12O29S6-6. The minimum atomic E-state index is -5.10. The molecule has 6 aromatic carbocycles. The second-order valence-electron chi connectivity index (χ2n) is 25.5. The minimum absolute atomic E-state index is 0.126. The molecule has 65 heteroatoms. The lowest BCUT2D eigenvalue weighted by atomic mass is 10.2. The van der Waals surface area contributed by atoms with E-state index >= 15 is 0 Å². The van der Waals surface area contributed by atoms with Crippen LogP contribution >= 0.6 is 271 Å². The van der Waals surface area contributed by atoms with Crippen LogP contribution in [0.4, 0.5) is 79.0 Å². The summed E-state index contributed by atoms with van der Waals surface area (Å²) in [7, 11) is -29.1. The summed E-state index contributed by atoms with van der Waals surface area (Å²) in [5.41, 5.74) is -0.507. The number of aromatic hydroxyl groups is 1. The number of alkyl halides is 18. The van der Waals surface area contributed by atoms with E-state index in [2.05, 4.69) is 18.9 Å². The first kappa shape index (κ1) is 127. The number of hydrogen-bond acceptors (Lipinski definition) is 29. The number of benzene rings is 6. The summed E-state index contributed by atoms with van der Waals surface area (Å²) < 4.78 is 475. The Morgan fingerprint density at radius 3 is 0.667 bits per heavy atom. The van der Waals surface area contributed by atoms with Crippen LogP contribution in [0.25, 0.3) is 0 Å². The van der Waals surface area contributed by atoms with E-state index in [1.54, 1.807) is 72.0 Å². The highest BCUT2D eigenvalue weighted by Gasteiger charge is 2.48. The van der Waals surface area contributed by atoms with Gasteiger partial charge in [-0.1, -0.05) is 0 Å². The SMILES string of the molecule is CC(C)(C)Oc1c(I)cc(OC(CS(=O)(=O)[O-])C(F)(F)F)cc1I.CC(C)Oc1c(I)cc(OC(CS(=O)(=O)[O-])C(F)(F)F)cc1I.CCOc1c(I)cc(OC(CS(=O)(=O)[O-])C(F)(F)F)cc1I.COc1c(I)cc(OC(CS(=O)(=O)[O-])C(F)(F)F)cc1I.O=S(=O)([O-])CC(Oc1cc(I)c(O)c(I)c1)C(F)(F)F.O=S(=O)([O-])CC(Oc1cc(I)cc(I)c1)C(F)(F)F. The predicted molar refractivity (Wildman–Crippen MR) is 517 cm³/mol. The molecule has 0 radical (unpaired) electrons. The molecule has 0 aromatic heterocycles. The number of phenolic OH excluding ortho intramolecular Hbond substituents is 1. The molecule has 29 nitrogen and oxygen atoms in total. The molecule has 129 heavy (non-hydrogen) atoms. The fraction of sp³-hybridized carbons (Fsp3) is 0.438. The molecule has 0 amide bonds. The molecule has 1 N–H and O–H groups in total. The molecule has 6 unspecified atom stereocenters. The van der Waals surface area contributed by atoms with E-state index in [1.807, 2.05) is 247 Å². The van der Waals surface area contributed by atoms with Gasteiger partial charge >= 0.3 is 37.1 Å². The van der Waals surface area contributed by atoms with Crippen molar-refractivity contribution < 1.29 is 209 Å². The maximum absolute atomic E-state index is 12.9. The van der Waals surface area contributed by atoms with Crippen LogP contribution in [0, 0.1) is 42.8 Å². The van der Waals surface area contributed by atoms with Crippen LogP contribution in [-0.2, 0) is 60.7 Å². The van der Waals surface area contributed by atoms with Crippen molar-refractivity contribution in [2.24, 2.45) is 0 Å². The van der Waals surface area contributed by atoms with Crippen LogP contribution in [0.5, 0.6) is 63.2 Å². The van der Waals surface area contributed by atoms with Gasteiger partial charge in [0.2, 0.25) is 36.6 Å². The first-order valence-electron chi connectivity index (χ1n) is 32.8. The topological polar surface area (TPSA) is 456 Å². The first-order valence-corrected chi connectivity index (χ1v) is 55.2. The monoisotopic (exact) mass is 3340 g/mol. The smallest absolute Gasteiger partial charge is 0.426 e. The molecule has 6 atom stereocenters. The third kappa shape index (κ3) is 53.0. The molecule has 0 aliphatic rings. The van der Waals surface area contributed by atoms with E-state index < -0.39 is 175 Å². The summed E-state index contributed by atoms with van der Waals surface area (Å²) >= 11 is 22.0. The Hall–Kier alpha value is 0.0800. The molecule has 0 spiro atoms. The van der Waals surface area contributed by atoms with Crippen molar-refractivity contribution in [3.63, 3.8) is 0 Å². The molecule has 0 bridgehead atoms. The van der Waals surface area contributed by atoms with Gasteiger partial charge in [0.05, 0.1) is 151 Å². The van der Waals surface area contributed by atoms with E-state index in [1.165, 1.54) is 67.8 Å². The molecule has 0 aliphatic heterocycles. The summed E-state index contributed by atoms with van der Waals surface area (Å²) in [6, 6.07) is 16.8. The summed E-state index contributed by atoms with van der Waals surface area (Å²) in [4.78, 5) is 0. The van der Waals surface area contributed by atoms with Crippen molar-refractivity contribution in [3.8, 4) is 63.2 Å². The van der Waals surface area contributed by atoms with Crippen LogP contribution in [0.2, 0.25) is 0 Å². The Kier molecular flexibility index (Phi) is 51.9. The van der Waals surface area contributed by atoms with Crippen LogP contribution in [-0.4, -0.2) is 217 Å². The average molecular weight is 3350 g/mol. The fourth-order valence-electron chi connectivity index (χ4n) is 8.12. The standard InChI is InChI=1S/C13H15F3I2O5S.C12H13F3I2O5S.C11H11F3I2O5S.C10H9F3I2O5S.C9H7F3I2O5S.C9H7F3I2O4S/c1-12(2,3)23-11-8(17)4-7(5-9(11)18)22-10(13(14,15)16)6-24(19,20)21;1-6(2)21-11-8(16)3-7(4-9(11)17)22-10(12(13,14)15)5-23(18,19)20;1-2-20-10-7(15)3-6(4-8(10)16)21-9(11(12,13)14)5-22(17,18)19;1-19-9-6(14)2-5(3-7(9)15)20-8(10(11,12)13)4-21(16,17)18;10-9(11,12)7(3-20(16,17)18)19-4-1-5(13)8(15)6(14)2-4;10-9(11,12)8(4-19(15,16)17)18-7-2-5(13)1-6(14)3-7/h4-5,10H,6H2,1-3H3,(H,19,20,21);3-4,6,10H,5H2,1-2H3,(H,18,19,20);3-4,9H,2,5H2,1H3,(H,17,18,19);2-3,8H,4H2,1H3,(H,16,17,18);1-2,7,15H,3H2,(H,16,17,18);1-3,8H,4H2,(H,15,16,17)/p-6. The van der Waals surface area contributed by atoms with Crippen molar-refractivity contribution >= 4 is 332 Å². The Balaban J connectivity index is 0.000000775. The highest BCUT2D eigenvalue weighted by atomic mass is 127. The average Bonchev–Trinajstić information content (AvgIpc) is 0.824. The van der Waals surface area contributed by atoms with E-state index in [-0.39, 0.29) is 53.5 Å². The van der Waals surface area contributed by atoms with Gasteiger partial charge < -0.3 is 79.8 Å². The predicted octanol–water partition coefficient (Wildman–Crippen LogP) is 18.6. The van der Waals surface area contributed by atoms with Gasteiger partial charge in [-0.3, -0.25) is 0 Å². The Morgan fingerprint density at radius 1 is 0.302 bits per heavy atom. The molecular weight excluding hydrogens is 3290 g/mol. The number of halogens is 30. The van der Waals surface area contributed by atoms with E-state index in [0.29, 0.717) is 65.3 Å². The number of phenols is 1. The van der Waals surface area contributed by atoms with E-state index in [0.717, 1.165) is 12.1 Å². The second-order valence-corrected chi connectivity index (χ2v) is 48.3. The van der Waals surface area contributed by atoms with Gasteiger partial charge in [0.1, 0.15) is 68.8 Å². The summed E-state index contributed by atoms with van der Waals surface area (Å²) in [5, 5.41) is 9.47. The lowest BCUT2D eigenvalue weighted by Gasteiger charge is -2.25. The molecule has 6 rings (SSSR count). The first-order chi connectivity index (χ1) is 57.6. The maximum atomic E-state index is 12.9. The van der Waals surface area contributed by atoms with E-state index in [9.17, 15) is 162 Å². The normalized spacial score (nSPS) is 14.0. The molecule has 0 saturated carbocycles. The van der Waals surface area contributed by atoms with Crippen LogP contribution < -0.4 is 47.4 Å². The largest absolute Gasteiger partial charge is 0.748 e. The lowest BCUT2D eigenvalue weighted by molar-refractivity contribution is -0.188. The van der Waals surface area contributed by atoms with Gasteiger partial charge in [-0.2, -0.15) is 79.0 Å². The van der Waals surface area contributed by atoms with Crippen molar-refractivity contribution in [2.75, 3.05) is 48.2 Å². The van der Waals surface area contributed by atoms with Gasteiger partial charge in [-0.15, -0.1) is 0 Å². The van der Waals surface area contributed by atoms with Crippen LogP contribution in [0.1, 0.15) is 41.5 Å². The van der Waals surface area contributed by atoms with Gasteiger partial charge in [-0.25, -0.2) is 50.5 Å².